The van der Waals surface area contributed by atoms with Crippen molar-refractivity contribution in [1.82, 2.24) is 4.98 Å². The van der Waals surface area contributed by atoms with Crippen LogP contribution in [0.2, 0.25) is 0 Å². The molecule has 1 aromatic heterocycles. The first-order valence-corrected chi connectivity index (χ1v) is 5.25. The lowest BCUT2D eigenvalue weighted by Crippen LogP contribution is -2.15. The van der Waals surface area contributed by atoms with E-state index in [0.717, 1.165) is 17.2 Å². The van der Waals surface area contributed by atoms with Crippen molar-refractivity contribution in [3.8, 4) is 0 Å². The first-order chi connectivity index (χ1) is 6.75. The Balaban J connectivity index is 2.05. The van der Waals surface area contributed by atoms with E-state index in [9.17, 15) is 0 Å². The molecule has 0 saturated heterocycles. The highest BCUT2D eigenvalue weighted by atomic mass is 15.0. The second kappa shape index (κ2) is 3.86. The van der Waals surface area contributed by atoms with Gasteiger partial charge in [0.25, 0.3) is 0 Å². The maximum atomic E-state index is 5.71. The Labute approximate surface area is 84.7 Å². The van der Waals surface area contributed by atoms with Crippen molar-refractivity contribution in [2.24, 2.45) is 0 Å². The van der Waals surface area contributed by atoms with Gasteiger partial charge in [0.1, 0.15) is 5.82 Å². The van der Waals surface area contributed by atoms with Gasteiger partial charge < -0.3 is 11.1 Å². The van der Waals surface area contributed by atoms with Crippen molar-refractivity contribution in [3.05, 3.63) is 17.8 Å². The van der Waals surface area contributed by atoms with Crippen LogP contribution in [-0.2, 0) is 0 Å². The van der Waals surface area contributed by atoms with Gasteiger partial charge in [0, 0.05) is 6.04 Å². The zero-order chi connectivity index (χ0) is 9.97. The molecule has 0 aliphatic heterocycles. The predicted molar refractivity (Wildman–Crippen MR) is 59.3 cm³/mol. The van der Waals surface area contributed by atoms with E-state index in [1.807, 2.05) is 19.1 Å². The molecule has 0 radical (unpaired) electrons. The van der Waals surface area contributed by atoms with Crippen molar-refractivity contribution in [1.29, 1.82) is 0 Å². The molecule has 76 valence electrons. The van der Waals surface area contributed by atoms with Gasteiger partial charge in [0.15, 0.2) is 0 Å². The van der Waals surface area contributed by atoms with E-state index in [1.165, 1.54) is 25.7 Å². The van der Waals surface area contributed by atoms with E-state index in [-0.39, 0.29) is 0 Å². The summed E-state index contributed by atoms with van der Waals surface area (Å²) >= 11 is 0. The Kier molecular flexibility index (Phi) is 2.57. The summed E-state index contributed by atoms with van der Waals surface area (Å²) in [6.07, 6.45) is 5.22. The number of anilines is 2. The van der Waals surface area contributed by atoms with Gasteiger partial charge in [-0.25, -0.2) is 4.98 Å². The normalized spacial score (nSPS) is 17.2. The minimum atomic E-state index is 0.616. The number of nitrogens with two attached hydrogens (primary N) is 1. The lowest BCUT2D eigenvalue weighted by Gasteiger charge is -2.13. The highest BCUT2D eigenvalue weighted by molar-refractivity contribution is 5.49. The van der Waals surface area contributed by atoms with Crippen LogP contribution in [0.4, 0.5) is 11.5 Å². The molecule has 1 saturated carbocycles. The first kappa shape index (κ1) is 9.31. The molecule has 14 heavy (non-hydrogen) atoms. The summed E-state index contributed by atoms with van der Waals surface area (Å²) in [5.41, 5.74) is 7.38. The molecule has 3 heteroatoms. The lowest BCUT2D eigenvalue weighted by atomic mass is 10.2. The molecule has 0 aromatic carbocycles. The number of hydrogen-bond acceptors (Lipinski definition) is 3. The van der Waals surface area contributed by atoms with E-state index in [1.54, 1.807) is 0 Å². The van der Waals surface area contributed by atoms with Gasteiger partial charge >= 0.3 is 0 Å². The fourth-order valence-corrected chi connectivity index (χ4v) is 1.93. The molecule has 1 aliphatic rings. The minimum absolute atomic E-state index is 0.616. The number of pyridine rings is 1. The molecule has 0 bridgehead atoms. The summed E-state index contributed by atoms with van der Waals surface area (Å²) in [5.74, 6) is 0.962. The van der Waals surface area contributed by atoms with Crippen molar-refractivity contribution >= 4 is 11.5 Å². The van der Waals surface area contributed by atoms with Crippen LogP contribution in [0.3, 0.4) is 0 Å². The fourth-order valence-electron chi connectivity index (χ4n) is 1.93. The summed E-state index contributed by atoms with van der Waals surface area (Å²) in [7, 11) is 0. The lowest BCUT2D eigenvalue weighted by molar-refractivity contribution is 0.750. The number of aromatic nitrogens is 1. The van der Waals surface area contributed by atoms with Gasteiger partial charge in [-0.2, -0.15) is 0 Å². The molecule has 1 aliphatic carbocycles. The van der Waals surface area contributed by atoms with Gasteiger partial charge in [0.05, 0.1) is 11.4 Å². The number of hydrogen-bond donors (Lipinski definition) is 2. The molecule has 0 amide bonds. The van der Waals surface area contributed by atoms with Crippen molar-refractivity contribution in [2.45, 2.75) is 38.6 Å². The van der Waals surface area contributed by atoms with Crippen LogP contribution >= 0.6 is 0 Å². The van der Waals surface area contributed by atoms with E-state index < -0.39 is 0 Å². The third-order valence-corrected chi connectivity index (χ3v) is 2.83. The average Bonchev–Trinajstić information content (AvgIpc) is 2.64. The Morgan fingerprint density at radius 3 is 2.71 bits per heavy atom. The predicted octanol–water partition coefficient (Wildman–Crippen LogP) is 2.33. The molecule has 1 heterocycles. The van der Waals surface area contributed by atoms with Crippen LogP contribution in [0, 0.1) is 6.92 Å². The summed E-state index contributed by atoms with van der Waals surface area (Å²) < 4.78 is 0. The number of nitrogens with one attached hydrogen (secondary N) is 1. The molecule has 1 fully saturated rings. The van der Waals surface area contributed by atoms with Gasteiger partial charge in [-0.3, -0.25) is 0 Å². The van der Waals surface area contributed by atoms with Crippen LogP contribution in [-0.4, -0.2) is 11.0 Å². The zero-order valence-corrected chi connectivity index (χ0v) is 8.59. The third-order valence-electron chi connectivity index (χ3n) is 2.83. The third kappa shape index (κ3) is 1.97. The van der Waals surface area contributed by atoms with E-state index in [4.69, 9.17) is 5.73 Å². The van der Waals surface area contributed by atoms with Crippen LogP contribution in [0.25, 0.3) is 0 Å². The minimum Gasteiger partial charge on any atom is -0.397 e. The molecule has 0 spiro atoms. The van der Waals surface area contributed by atoms with Crippen LogP contribution in [0.5, 0.6) is 0 Å². The molecule has 0 atom stereocenters. The molecule has 3 nitrogen and oxygen atoms in total. The second-order valence-corrected chi connectivity index (χ2v) is 4.00. The number of nitrogen functional groups attached to an aromatic ring is 1. The Morgan fingerprint density at radius 1 is 1.36 bits per heavy atom. The topological polar surface area (TPSA) is 50.9 Å². The van der Waals surface area contributed by atoms with E-state index >= 15 is 0 Å². The standard InChI is InChI=1S/C11H17N3/c1-8-10(12)6-7-11(13-8)14-9-4-2-3-5-9/h6-7,9H,2-5,12H2,1H3,(H,13,14). The van der Waals surface area contributed by atoms with Crippen LogP contribution in [0.15, 0.2) is 12.1 Å². The van der Waals surface area contributed by atoms with Crippen molar-refractivity contribution < 1.29 is 0 Å². The van der Waals surface area contributed by atoms with Crippen molar-refractivity contribution in [3.63, 3.8) is 0 Å². The Morgan fingerprint density at radius 2 is 2.07 bits per heavy atom. The Bertz CT molecular complexity index is 316. The van der Waals surface area contributed by atoms with Crippen LogP contribution < -0.4 is 11.1 Å². The quantitative estimate of drug-likeness (QED) is 0.754. The molecule has 0 unspecified atom stereocenters. The summed E-state index contributed by atoms with van der Waals surface area (Å²) in [4.78, 5) is 4.40. The highest BCUT2D eigenvalue weighted by Crippen LogP contribution is 2.22. The largest absolute Gasteiger partial charge is 0.397 e. The zero-order valence-electron chi connectivity index (χ0n) is 8.59. The fraction of sp³-hybridized carbons (Fsp3) is 0.545. The highest BCUT2D eigenvalue weighted by Gasteiger charge is 2.14. The Hall–Kier alpha value is -1.25. The summed E-state index contributed by atoms with van der Waals surface area (Å²) in [6, 6.07) is 4.49. The smallest absolute Gasteiger partial charge is 0.126 e. The summed E-state index contributed by atoms with van der Waals surface area (Å²) in [6.45, 7) is 1.94. The number of aryl methyl sites for hydroxylation is 1. The maximum absolute atomic E-state index is 5.71. The monoisotopic (exact) mass is 191 g/mol. The van der Waals surface area contributed by atoms with Gasteiger partial charge in [-0.05, 0) is 31.9 Å². The molecular weight excluding hydrogens is 174 g/mol. The van der Waals surface area contributed by atoms with Gasteiger partial charge in [0.2, 0.25) is 0 Å². The molecular formula is C11H17N3. The van der Waals surface area contributed by atoms with E-state index in [2.05, 4.69) is 10.3 Å². The van der Waals surface area contributed by atoms with Crippen LogP contribution in [0.1, 0.15) is 31.4 Å². The maximum Gasteiger partial charge on any atom is 0.126 e. The van der Waals surface area contributed by atoms with E-state index in [0.29, 0.717) is 6.04 Å². The summed E-state index contributed by atoms with van der Waals surface area (Å²) in [5, 5.41) is 3.44. The second-order valence-electron chi connectivity index (χ2n) is 4.00. The average molecular weight is 191 g/mol. The van der Waals surface area contributed by atoms with Gasteiger partial charge in [-0.1, -0.05) is 12.8 Å². The van der Waals surface area contributed by atoms with Crippen molar-refractivity contribution in [2.75, 3.05) is 11.1 Å². The SMILES string of the molecule is Cc1nc(NC2CCCC2)ccc1N. The number of nitrogens with zero attached hydrogens (tertiary/aromatic N) is 1. The first-order valence-electron chi connectivity index (χ1n) is 5.25. The van der Waals surface area contributed by atoms with Gasteiger partial charge in [-0.15, -0.1) is 0 Å². The molecule has 3 N–H and O–H groups in total. The molecule has 2 rings (SSSR count). The molecule has 1 aromatic rings. The number of rotatable bonds is 2.